The number of aromatic nitrogens is 2. The van der Waals surface area contributed by atoms with Crippen molar-refractivity contribution in [3.05, 3.63) is 18.0 Å². The van der Waals surface area contributed by atoms with Crippen molar-refractivity contribution in [2.24, 2.45) is 5.92 Å². The maximum Gasteiger partial charge on any atom is 0.310 e. The van der Waals surface area contributed by atoms with Gasteiger partial charge < -0.3 is 9.84 Å². The van der Waals surface area contributed by atoms with E-state index in [2.05, 4.69) is 18.9 Å². The first-order valence-corrected chi connectivity index (χ1v) is 6.53. The van der Waals surface area contributed by atoms with E-state index in [1.807, 2.05) is 29.0 Å². The Labute approximate surface area is 113 Å². The Hall–Kier alpha value is -1.40. The van der Waals surface area contributed by atoms with Crippen LogP contribution in [0.2, 0.25) is 0 Å². The predicted molar refractivity (Wildman–Crippen MR) is 69.8 cm³/mol. The highest BCUT2D eigenvalue weighted by molar-refractivity contribution is 5.71. The Morgan fingerprint density at radius 1 is 1.63 bits per heavy atom. The van der Waals surface area contributed by atoms with Gasteiger partial charge in [-0.3, -0.25) is 14.4 Å². The first kappa shape index (κ1) is 14.0. The number of carbonyl (C=O) groups is 1. The molecule has 2 unspecified atom stereocenters. The molecule has 1 aromatic rings. The summed E-state index contributed by atoms with van der Waals surface area (Å²) in [6, 6.07) is 0.264. The van der Waals surface area contributed by atoms with Crippen molar-refractivity contribution < 1.29 is 14.6 Å². The average Bonchev–Trinajstić information content (AvgIpc) is 2.96. The Morgan fingerprint density at radius 3 is 2.95 bits per heavy atom. The van der Waals surface area contributed by atoms with Gasteiger partial charge in [-0.15, -0.1) is 0 Å². The number of carboxylic acid groups (broad SMARTS) is 1. The number of hydrogen-bond donors (Lipinski definition) is 1. The van der Waals surface area contributed by atoms with E-state index in [0.717, 1.165) is 5.56 Å². The van der Waals surface area contributed by atoms with Crippen LogP contribution >= 0.6 is 0 Å². The van der Waals surface area contributed by atoms with Crippen LogP contribution in [-0.4, -0.2) is 52.1 Å². The van der Waals surface area contributed by atoms with E-state index in [9.17, 15) is 4.79 Å². The summed E-state index contributed by atoms with van der Waals surface area (Å²) in [5.74, 6) is -1.22. The zero-order valence-electron chi connectivity index (χ0n) is 11.6. The molecule has 0 radical (unpaired) electrons. The number of rotatable bonds is 5. The fraction of sp³-hybridized carbons (Fsp3) is 0.692. The first-order chi connectivity index (χ1) is 8.99. The molecule has 6 heteroatoms. The molecule has 1 fully saturated rings. The maximum absolute atomic E-state index is 11.1. The van der Waals surface area contributed by atoms with Crippen LogP contribution in [0.5, 0.6) is 0 Å². The molecule has 2 heterocycles. The van der Waals surface area contributed by atoms with E-state index in [1.165, 1.54) is 0 Å². The summed E-state index contributed by atoms with van der Waals surface area (Å²) < 4.78 is 7.20. The van der Waals surface area contributed by atoms with E-state index in [4.69, 9.17) is 9.84 Å². The number of nitrogens with zero attached hydrogens (tertiary/aromatic N) is 3. The van der Waals surface area contributed by atoms with Gasteiger partial charge in [0.05, 0.1) is 25.3 Å². The van der Waals surface area contributed by atoms with Crippen LogP contribution in [0.4, 0.5) is 0 Å². The fourth-order valence-electron chi connectivity index (χ4n) is 2.36. The average molecular weight is 267 g/mol. The molecule has 106 valence electrons. The van der Waals surface area contributed by atoms with Crippen molar-refractivity contribution in [2.75, 3.05) is 20.3 Å². The zero-order chi connectivity index (χ0) is 14.0. The smallest absolute Gasteiger partial charge is 0.310 e. The van der Waals surface area contributed by atoms with Crippen LogP contribution in [0, 0.1) is 5.92 Å². The quantitative estimate of drug-likeness (QED) is 0.862. The summed E-state index contributed by atoms with van der Waals surface area (Å²) in [5.41, 5.74) is 1.09. The molecule has 2 atom stereocenters. The van der Waals surface area contributed by atoms with Gasteiger partial charge >= 0.3 is 5.97 Å². The minimum atomic E-state index is -0.785. The van der Waals surface area contributed by atoms with Crippen molar-refractivity contribution in [2.45, 2.75) is 32.5 Å². The molecule has 0 amide bonds. The van der Waals surface area contributed by atoms with E-state index in [1.54, 1.807) is 0 Å². The van der Waals surface area contributed by atoms with E-state index in [0.29, 0.717) is 25.8 Å². The minimum Gasteiger partial charge on any atom is -0.481 e. The van der Waals surface area contributed by atoms with E-state index < -0.39 is 11.9 Å². The predicted octanol–water partition coefficient (Wildman–Crippen LogP) is 0.995. The lowest BCUT2D eigenvalue weighted by Crippen LogP contribution is -2.40. The highest BCUT2D eigenvalue weighted by Crippen LogP contribution is 2.20. The Balaban J connectivity index is 1.99. The summed E-state index contributed by atoms with van der Waals surface area (Å²) in [5, 5.41) is 13.4. The van der Waals surface area contributed by atoms with Gasteiger partial charge in [-0.05, 0) is 20.9 Å². The zero-order valence-corrected chi connectivity index (χ0v) is 11.6. The minimum absolute atomic E-state index is 0.0695. The second-order valence-electron chi connectivity index (χ2n) is 5.39. The molecule has 2 rings (SSSR count). The van der Waals surface area contributed by atoms with Crippen molar-refractivity contribution in [3.8, 4) is 0 Å². The van der Waals surface area contributed by atoms with Gasteiger partial charge in [-0.25, -0.2) is 0 Å². The lowest BCUT2D eigenvalue weighted by molar-refractivity contribution is -0.143. The molecule has 1 N–H and O–H groups in total. The molecule has 0 bridgehead atoms. The summed E-state index contributed by atoms with van der Waals surface area (Å²) in [6.45, 7) is 5.61. The molecule has 0 saturated carbocycles. The van der Waals surface area contributed by atoms with E-state index >= 15 is 0 Å². The van der Waals surface area contributed by atoms with Gasteiger partial charge in [0.25, 0.3) is 0 Å². The topological polar surface area (TPSA) is 67.6 Å². The van der Waals surface area contributed by atoms with Gasteiger partial charge in [0, 0.05) is 30.4 Å². The van der Waals surface area contributed by atoms with Crippen LogP contribution in [0.15, 0.2) is 12.4 Å². The Morgan fingerprint density at radius 2 is 2.37 bits per heavy atom. The number of aliphatic carboxylic acids is 1. The summed E-state index contributed by atoms with van der Waals surface area (Å²) >= 11 is 0. The van der Waals surface area contributed by atoms with Crippen molar-refractivity contribution in [1.29, 1.82) is 0 Å². The van der Waals surface area contributed by atoms with Gasteiger partial charge in [-0.2, -0.15) is 5.10 Å². The second kappa shape index (κ2) is 5.71. The van der Waals surface area contributed by atoms with Crippen LogP contribution in [0.25, 0.3) is 0 Å². The highest BCUT2D eigenvalue weighted by Gasteiger charge is 2.36. The molecule has 0 spiro atoms. The molecule has 1 saturated heterocycles. The van der Waals surface area contributed by atoms with Gasteiger partial charge in [0.1, 0.15) is 0 Å². The Bertz CT molecular complexity index is 444. The normalized spacial score (nSPS) is 23.4. The maximum atomic E-state index is 11.1. The molecule has 6 nitrogen and oxygen atoms in total. The molecular weight excluding hydrogens is 246 g/mol. The fourth-order valence-corrected chi connectivity index (χ4v) is 2.36. The SMILES string of the molecule is CC(C)n1cc(CN(C)C2COCC2C(=O)O)cn1. The second-order valence-corrected chi connectivity index (χ2v) is 5.39. The van der Waals surface area contributed by atoms with Crippen LogP contribution in [0.1, 0.15) is 25.5 Å². The largest absolute Gasteiger partial charge is 0.481 e. The summed E-state index contributed by atoms with van der Waals surface area (Å²) in [7, 11) is 1.93. The molecule has 1 aliphatic rings. The first-order valence-electron chi connectivity index (χ1n) is 6.53. The number of ether oxygens (including phenoxy) is 1. The highest BCUT2D eigenvalue weighted by atomic mass is 16.5. The van der Waals surface area contributed by atoms with E-state index in [-0.39, 0.29) is 6.04 Å². The summed E-state index contributed by atoms with van der Waals surface area (Å²) in [4.78, 5) is 13.2. The van der Waals surface area contributed by atoms with Gasteiger partial charge in [0.2, 0.25) is 0 Å². The summed E-state index contributed by atoms with van der Waals surface area (Å²) in [6.07, 6.45) is 3.84. The third-order valence-corrected chi connectivity index (χ3v) is 3.55. The standard InChI is InChI=1S/C13H21N3O3/c1-9(2)16-6-10(4-14-16)5-15(3)12-8-19-7-11(12)13(17)18/h4,6,9,11-12H,5,7-8H2,1-3H3,(H,17,18). The number of carboxylic acids is 1. The monoisotopic (exact) mass is 267 g/mol. The molecule has 0 aromatic carbocycles. The lowest BCUT2D eigenvalue weighted by Gasteiger charge is -2.25. The Kier molecular flexibility index (Phi) is 4.21. The number of likely N-dealkylation sites (N-methyl/N-ethyl adjacent to an activating group) is 1. The van der Waals surface area contributed by atoms with Crippen LogP contribution in [0.3, 0.4) is 0 Å². The third kappa shape index (κ3) is 3.13. The van der Waals surface area contributed by atoms with Crippen molar-refractivity contribution in [3.63, 3.8) is 0 Å². The van der Waals surface area contributed by atoms with Gasteiger partial charge in [-0.1, -0.05) is 0 Å². The van der Waals surface area contributed by atoms with Crippen molar-refractivity contribution >= 4 is 5.97 Å². The van der Waals surface area contributed by atoms with Gasteiger partial charge in [0.15, 0.2) is 0 Å². The lowest BCUT2D eigenvalue weighted by atomic mass is 10.0. The van der Waals surface area contributed by atoms with Crippen LogP contribution in [-0.2, 0) is 16.1 Å². The molecule has 1 aliphatic heterocycles. The molecule has 19 heavy (non-hydrogen) atoms. The number of hydrogen-bond acceptors (Lipinski definition) is 4. The van der Waals surface area contributed by atoms with Crippen molar-refractivity contribution in [1.82, 2.24) is 14.7 Å². The molecule has 1 aromatic heterocycles. The molecular formula is C13H21N3O3. The third-order valence-electron chi connectivity index (χ3n) is 3.55. The van der Waals surface area contributed by atoms with Crippen LogP contribution < -0.4 is 0 Å². The molecule has 0 aliphatic carbocycles.